The second kappa shape index (κ2) is 5.94. The number of hydrogen-bond acceptors (Lipinski definition) is 5. The van der Waals surface area contributed by atoms with E-state index in [0.29, 0.717) is 17.9 Å². The van der Waals surface area contributed by atoms with Crippen molar-refractivity contribution in [1.29, 1.82) is 5.26 Å². The van der Waals surface area contributed by atoms with E-state index in [-0.39, 0.29) is 6.04 Å². The Bertz CT molecular complexity index is 530. The Hall–Kier alpha value is -2.19. The van der Waals surface area contributed by atoms with Gasteiger partial charge in [-0.15, -0.1) is 0 Å². The molecule has 0 amide bonds. The van der Waals surface area contributed by atoms with Gasteiger partial charge in [-0.3, -0.25) is 0 Å². The van der Waals surface area contributed by atoms with E-state index in [1.165, 1.54) is 6.33 Å². The van der Waals surface area contributed by atoms with Gasteiger partial charge in [-0.2, -0.15) is 10.2 Å². The summed E-state index contributed by atoms with van der Waals surface area (Å²) in [7, 11) is 0. The minimum atomic E-state index is 0.182. The molecule has 92 valence electrons. The minimum Gasteiger partial charge on any atom is -0.340 e. The van der Waals surface area contributed by atoms with Crippen molar-refractivity contribution in [3.05, 3.63) is 47.6 Å². The lowest BCUT2D eigenvalue weighted by molar-refractivity contribution is 0.372. The zero-order valence-corrected chi connectivity index (χ0v) is 10.1. The van der Waals surface area contributed by atoms with E-state index in [0.717, 1.165) is 12.1 Å². The maximum Gasteiger partial charge on any atom is 0.227 e. The Labute approximate surface area is 105 Å². The zero-order valence-electron chi connectivity index (χ0n) is 10.1. The number of rotatable bonds is 5. The van der Waals surface area contributed by atoms with Gasteiger partial charge in [-0.25, -0.2) is 0 Å². The zero-order chi connectivity index (χ0) is 12.8. The molecule has 0 saturated heterocycles. The lowest BCUT2D eigenvalue weighted by atomic mass is 10.1. The lowest BCUT2D eigenvalue weighted by Crippen LogP contribution is -2.21. The molecule has 18 heavy (non-hydrogen) atoms. The number of aromatic nitrogens is 2. The summed E-state index contributed by atoms with van der Waals surface area (Å²) in [4.78, 5) is 3.95. The molecule has 1 aromatic heterocycles. The Morgan fingerprint density at radius 2 is 2.39 bits per heavy atom. The average molecular weight is 242 g/mol. The van der Waals surface area contributed by atoms with Crippen LogP contribution in [0.2, 0.25) is 0 Å². The maximum atomic E-state index is 8.85. The van der Waals surface area contributed by atoms with Crippen LogP contribution < -0.4 is 5.32 Å². The van der Waals surface area contributed by atoms with Crippen molar-refractivity contribution >= 4 is 0 Å². The molecule has 0 bridgehead atoms. The third-order valence-electron chi connectivity index (χ3n) is 2.71. The van der Waals surface area contributed by atoms with Crippen LogP contribution in [-0.2, 0) is 6.42 Å². The first kappa shape index (κ1) is 12.3. The molecule has 0 aliphatic heterocycles. The molecule has 0 radical (unpaired) electrons. The monoisotopic (exact) mass is 242 g/mol. The molecule has 1 atom stereocenters. The van der Waals surface area contributed by atoms with Gasteiger partial charge < -0.3 is 9.84 Å². The summed E-state index contributed by atoms with van der Waals surface area (Å²) in [5, 5.41) is 15.7. The largest absolute Gasteiger partial charge is 0.340 e. The number of nitrogens with zero attached hydrogens (tertiary/aromatic N) is 3. The predicted octanol–water partition coefficient (Wildman–Crippen LogP) is 1.83. The Morgan fingerprint density at radius 1 is 1.50 bits per heavy atom. The Kier molecular flexibility index (Phi) is 4.05. The standard InChI is InChI=1S/C13H14N4O/c1-10(12-4-2-3-11(7-12)8-14)15-6-5-13-16-9-17-18-13/h2-4,7,9-10,15H,5-6H2,1H3. The van der Waals surface area contributed by atoms with Gasteiger partial charge in [-0.05, 0) is 24.6 Å². The second-order valence-electron chi connectivity index (χ2n) is 4.00. The van der Waals surface area contributed by atoms with Gasteiger partial charge in [0, 0.05) is 19.0 Å². The quantitative estimate of drug-likeness (QED) is 0.865. The second-order valence-corrected chi connectivity index (χ2v) is 4.00. The fourth-order valence-electron chi connectivity index (χ4n) is 1.70. The van der Waals surface area contributed by atoms with E-state index in [2.05, 4.69) is 28.5 Å². The number of benzene rings is 1. The van der Waals surface area contributed by atoms with Crippen molar-refractivity contribution < 1.29 is 4.52 Å². The van der Waals surface area contributed by atoms with E-state index >= 15 is 0 Å². The third kappa shape index (κ3) is 3.15. The molecule has 2 rings (SSSR count). The van der Waals surface area contributed by atoms with Crippen LogP contribution in [0.5, 0.6) is 0 Å². The highest BCUT2D eigenvalue weighted by molar-refractivity contribution is 5.33. The average Bonchev–Trinajstić information content (AvgIpc) is 2.92. The van der Waals surface area contributed by atoms with Gasteiger partial charge in [0.15, 0.2) is 6.33 Å². The molecule has 5 nitrogen and oxygen atoms in total. The highest BCUT2D eigenvalue weighted by atomic mass is 16.5. The van der Waals surface area contributed by atoms with Crippen LogP contribution in [0.25, 0.3) is 0 Å². The van der Waals surface area contributed by atoms with Crippen LogP contribution in [-0.4, -0.2) is 16.7 Å². The summed E-state index contributed by atoms with van der Waals surface area (Å²) in [5.74, 6) is 0.625. The highest BCUT2D eigenvalue weighted by Gasteiger charge is 2.06. The fourth-order valence-corrected chi connectivity index (χ4v) is 1.70. The molecule has 0 saturated carbocycles. The molecule has 1 unspecified atom stereocenters. The predicted molar refractivity (Wildman–Crippen MR) is 65.6 cm³/mol. The van der Waals surface area contributed by atoms with Gasteiger partial charge >= 0.3 is 0 Å². The maximum absolute atomic E-state index is 8.85. The molecule has 5 heteroatoms. The summed E-state index contributed by atoms with van der Waals surface area (Å²) >= 11 is 0. The summed E-state index contributed by atoms with van der Waals surface area (Å²) in [6.45, 7) is 2.81. The first-order valence-corrected chi connectivity index (χ1v) is 5.78. The van der Waals surface area contributed by atoms with E-state index in [1.54, 1.807) is 6.07 Å². The van der Waals surface area contributed by atoms with Crippen molar-refractivity contribution in [3.63, 3.8) is 0 Å². The molecule has 0 aliphatic carbocycles. The van der Waals surface area contributed by atoms with Crippen molar-refractivity contribution in [2.45, 2.75) is 19.4 Å². The number of hydrogen-bond donors (Lipinski definition) is 1. The topological polar surface area (TPSA) is 74.7 Å². The van der Waals surface area contributed by atoms with E-state index in [1.807, 2.05) is 18.2 Å². The van der Waals surface area contributed by atoms with Crippen LogP contribution in [0.3, 0.4) is 0 Å². The normalized spacial score (nSPS) is 12.0. The van der Waals surface area contributed by atoms with Crippen LogP contribution in [0.15, 0.2) is 35.1 Å². The van der Waals surface area contributed by atoms with Crippen molar-refractivity contribution in [3.8, 4) is 6.07 Å². The van der Waals surface area contributed by atoms with Gasteiger partial charge in [0.1, 0.15) is 0 Å². The van der Waals surface area contributed by atoms with Crippen LogP contribution in [0.1, 0.15) is 30.0 Å². The summed E-state index contributed by atoms with van der Waals surface area (Å²) < 4.78 is 4.91. The third-order valence-corrected chi connectivity index (χ3v) is 2.71. The Morgan fingerprint density at radius 3 is 3.11 bits per heavy atom. The van der Waals surface area contributed by atoms with Gasteiger partial charge in [-0.1, -0.05) is 17.3 Å². The van der Waals surface area contributed by atoms with Gasteiger partial charge in [0.25, 0.3) is 0 Å². The van der Waals surface area contributed by atoms with Crippen molar-refractivity contribution in [2.24, 2.45) is 0 Å². The van der Waals surface area contributed by atoms with Crippen molar-refractivity contribution in [2.75, 3.05) is 6.54 Å². The molecular weight excluding hydrogens is 228 g/mol. The SMILES string of the molecule is CC(NCCc1ncno1)c1cccc(C#N)c1. The molecular formula is C13H14N4O. The lowest BCUT2D eigenvalue weighted by Gasteiger charge is -2.13. The highest BCUT2D eigenvalue weighted by Crippen LogP contribution is 2.13. The molecule has 0 spiro atoms. The summed E-state index contributed by atoms with van der Waals surface area (Å²) in [5.41, 5.74) is 1.78. The Balaban J connectivity index is 1.87. The van der Waals surface area contributed by atoms with Crippen LogP contribution in [0, 0.1) is 11.3 Å². The molecule has 1 aromatic carbocycles. The fraction of sp³-hybridized carbons (Fsp3) is 0.308. The first-order chi connectivity index (χ1) is 8.79. The van der Waals surface area contributed by atoms with E-state index < -0.39 is 0 Å². The first-order valence-electron chi connectivity index (χ1n) is 5.78. The smallest absolute Gasteiger partial charge is 0.227 e. The van der Waals surface area contributed by atoms with Crippen LogP contribution >= 0.6 is 0 Å². The molecule has 1 N–H and O–H groups in total. The minimum absolute atomic E-state index is 0.182. The number of nitriles is 1. The molecule has 1 heterocycles. The van der Waals surface area contributed by atoms with Crippen molar-refractivity contribution in [1.82, 2.24) is 15.5 Å². The molecule has 0 fully saturated rings. The van der Waals surface area contributed by atoms with Crippen LogP contribution in [0.4, 0.5) is 0 Å². The number of nitrogens with one attached hydrogen (secondary N) is 1. The molecule has 2 aromatic rings. The van der Waals surface area contributed by atoms with E-state index in [9.17, 15) is 0 Å². The molecule has 0 aliphatic rings. The van der Waals surface area contributed by atoms with Gasteiger partial charge in [0.05, 0.1) is 11.6 Å². The summed E-state index contributed by atoms with van der Waals surface area (Å²) in [6.07, 6.45) is 2.09. The van der Waals surface area contributed by atoms with Gasteiger partial charge in [0.2, 0.25) is 5.89 Å². The summed E-state index contributed by atoms with van der Waals surface area (Å²) in [6, 6.07) is 9.91. The van der Waals surface area contributed by atoms with E-state index in [4.69, 9.17) is 9.78 Å².